The first-order chi connectivity index (χ1) is 23.7. The number of fused-ring (bicyclic) bond motifs is 1. The second kappa shape index (κ2) is 13.2. The molecule has 0 radical (unpaired) electrons. The Kier molecular flexibility index (Phi) is 8.69. The molecule has 1 aliphatic rings. The summed E-state index contributed by atoms with van der Waals surface area (Å²) in [7, 11) is -0.212. The van der Waals surface area contributed by atoms with E-state index < -0.39 is 9.84 Å². The van der Waals surface area contributed by atoms with Crippen molar-refractivity contribution in [1.29, 1.82) is 0 Å². The zero-order valence-electron chi connectivity index (χ0n) is 27.4. The van der Waals surface area contributed by atoms with Crippen LogP contribution >= 0.6 is 0 Å². The Labute approximate surface area is 284 Å². The summed E-state index contributed by atoms with van der Waals surface area (Å²) >= 11 is 0. The van der Waals surface area contributed by atoms with Crippen LogP contribution in [-0.4, -0.2) is 68.9 Å². The van der Waals surface area contributed by atoms with E-state index in [0.29, 0.717) is 16.6 Å². The van der Waals surface area contributed by atoms with Crippen molar-refractivity contribution in [2.24, 2.45) is 7.05 Å². The number of nitrogens with one attached hydrogen (secondary N) is 1. The number of anilines is 2. The van der Waals surface area contributed by atoms with Crippen molar-refractivity contribution in [3.05, 3.63) is 113 Å². The number of piperidine rings is 1. The monoisotopic (exact) mass is 676 g/mol. The molecule has 5 heterocycles. The van der Waals surface area contributed by atoms with Gasteiger partial charge >= 0.3 is 0 Å². The van der Waals surface area contributed by atoms with Crippen LogP contribution in [-0.2, 0) is 23.4 Å². The third-order valence-electron chi connectivity index (χ3n) is 8.68. The van der Waals surface area contributed by atoms with E-state index in [2.05, 4.69) is 32.3 Å². The minimum Gasteiger partial charge on any atom is -0.489 e. The quantitative estimate of drug-likeness (QED) is 0.223. The van der Waals surface area contributed by atoms with Crippen molar-refractivity contribution in [2.45, 2.75) is 42.2 Å². The first kappa shape index (κ1) is 32.2. The number of rotatable bonds is 9. The molecule has 1 saturated heterocycles. The van der Waals surface area contributed by atoms with Gasteiger partial charge in [0.1, 0.15) is 28.1 Å². The maximum absolute atomic E-state index is 14.3. The average Bonchev–Trinajstić information content (AvgIpc) is 3.48. The second-order valence-corrected chi connectivity index (χ2v) is 14.2. The van der Waals surface area contributed by atoms with Crippen molar-refractivity contribution in [3.63, 3.8) is 0 Å². The molecule has 1 aliphatic heterocycles. The predicted octanol–water partition coefficient (Wildman–Crippen LogP) is 4.99. The largest absolute Gasteiger partial charge is 0.489 e. The van der Waals surface area contributed by atoms with Crippen LogP contribution in [0.1, 0.15) is 24.1 Å². The van der Waals surface area contributed by atoms with Crippen LogP contribution < -0.4 is 15.6 Å². The molecule has 1 unspecified atom stereocenters. The number of aromatic nitrogens is 6. The highest BCUT2D eigenvalue weighted by molar-refractivity contribution is 7.91. The first-order valence-corrected chi connectivity index (χ1v) is 17.5. The highest BCUT2D eigenvalue weighted by atomic mass is 32.2. The van der Waals surface area contributed by atoms with Crippen molar-refractivity contribution in [2.75, 3.05) is 25.5 Å². The van der Waals surface area contributed by atoms with Gasteiger partial charge in [-0.3, -0.25) is 19.0 Å². The lowest BCUT2D eigenvalue weighted by atomic mass is 10.0. The number of hydrogen-bond donors (Lipinski definition) is 1. The SMILES string of the molecule is Cc1ccccc1-c1cc2cnc(Nc3ccc(OC4CCCN(C)C4)cc3)nc2n(Cc2nn(C)cc2S(=O)(=O)c2ccncc2)c1=O. The van der Waals surface area contributed by atoms with Gasteiger partial charge in [-0.1, -0.05) is 24.3 Å². The van der Waals surface area contributed by atoms with E-state index in [1.165, 1.54) is 40.0 Å². The summed E-state index contributed by atoms with van der Waals surface area (Å²) in [5, 5.41) is 8.35. The van der Waals surface area contributed by atoms with E-state index in [9.17, 15) is 13.2 Å². The maximum Gasteiger partial charge on any atom is 0.260 e. The van der Waals surface area contributed by atoms with Crippen LogP contribution in [0.2, 0.25) is 0 Å². The molecule has 0 bridgehead atoms. The molecule has 12 nitrogen and oxygen atoms in total. The number of sulfone groups is 1. The predicted molar refractivity (Wildman–Crippen MR) is 187 cm³/mol. The number of ether oxygens (including phenoxy) is 1. The zero-order chi connectivity index (χ0) is 34.1. The van der Waals surface area contributed by atoms with Crippen LogP contribution in [0.3, 0.4) is 0 Å². The molecule has 49 heavy (non-hydrogen) atoms. The fourth-order valence-electron chi connectivity index (χ4n) is 6.23. The molecule has 1 N–H and O–H groups in total. The Morgan fingerprint density at radius 3 is 2.53 bits per heavy atom. The van der Waals surface area contributed by atoms with E-state index in [1.807, 2.05) is 55.5 Å². The van der Waals surface area contributed by atoms with Gasteiger partial charge in [-0.05, 0) is 86.9 Å². The summed E-state index contributed by atoms with van der Waals surface area (Å²) < 4.78 is 36.6. The third kappa shape index (κ3) is 6.67. The van der Waals surface area contributed by atoms with Crippen molar-refractivity contribution in [3.8, 4) is 16.9 Å². The summed E-state index contributed by atoms with van der Waals surface area (Å²) in [6.07, 6.45) is 8.25. The van der Waals surface area contributed by atoms with Crippen LogP contribution in [0.4, 0.5) is 11.6 Å². The van der Waals surface area contributed by atoms with E-state index in [0.717, 1.165) is 48.5 Å². The normalized spacial score (nSPS) is 15.4. The molecule has 0 amide bonds. The van der Waals surface area contributed by atoms with Crippen LogP contribution in [0.15, 0.2) is 106 Å². The first-order valence-electron chi connectivity index (χ1n) is 16.0. The lowest BCUT2D eigenvalue weighted by molar-refractivity contribution is 0.104. The Balaban J connectivity index is 1.27. The summed E-state index contributed by atoms with van der Waals surface area (Å²) in [5.74, 6) is 1.06. The van der Waals surface area contributed by atoms with Crippen molar-refractivity contribution in [1.82, 2.24) is 34.2 Å². The van der Waals surface area contributed by atoms with Gasteiger partial charge in [0.25, 0.3) is 5.56 Å². The Morgan fingerprint density at radius 1 is 1.00 bits per heavy atom. The summed E-state index contributed by atoms with van der Waals surface area (Å²) in [6.45, 7) is 3.78. The van der Waals surface area contributed by atoms with Crippen LogP contribution in [0, 0.1) is 6.92 Å². The zero-order valence-corrected chi connectivity index (χ0v) is 28.3. The molecule has 250 valence electrons. The molecular weight excluding hydrogens is 641 g/mol. The van der Waals surface area contributed by atoms with E-state index in [1.54, 1.807) is 19.3 Å². The molecule has 1 atom stereocenters. The van der Waals surface area contributed by atoms with Gasteiger partial charge in [-0.2, -0.15) is 10.1 Å². The lowest BCUT2D eigenvalue weighted by Gasteiger charge is -2.30. The fraction of sp³-hybridized carbons (Fsp3) is 0.250. The molecule has 7 rings (SSSR count). The number of likely N-dealkylation sites (N-methyl/N-ethyl adjacent to an activating group) is 1. The van der Waals surface area contributed by atoms with E-state index in [-0.39, 0.29) is 39.6 Å². The van der Waals surface area contributed by atoms with Gasteiger partial charge in [0.2, 0.25) is 15.8 Å². The van der Waals surface area contributed by atoms with Crippen LogP contribution in [0.25, 0.3) is 22.2 Å². The molecule has 13 heteroatoms. The molecule has 0 saturated carbocycles. The van der Waals surface area contributed by atoms with Crippen molar-refractivity contribution >= 4 is 32.5 Å². The maximum atomic E-state index is 14.3. The topological polar surface area (TPSA) is 137 Å². The molecule has 1 fully saturated rings. The molecule has 4 aromatic heterocycles. The number of nitrogens with zero attached hydrogens (tertiary/aromatic N) is 7. The minimum absolute atomic E-state index is 0.00266. The summed E-state index contributed by atoms with van der Waals surface area (Å²) in [4.78, 5) is 30.0. The van der Waals surface area contributed by atoms with Crippen molar-refractivity contribution < 1.29 is 13.2 Å². The van der Waals surface area contributed by atoms with Gasteiger partial charge in [-0.25, -0.2) is 13.4 Å². The molecule has 0 aliphatic carbocycles. The van der Waals surface area contributed by atoms with Crippen LogP contribution in [0.5, 0.6) is 5.75 Å². The van der Waals surface area contributed by atoms with Gasteiger partial charge in [0, 0.05) is 55.0 Å². The minimum atomic E-state index is -3.97. The number of likely N-dealkylation sites (tertiary alicyclic amines) is 1. The molecule has 6 aromatic rings. The highest BCUT2D eigenvalue weighted by Gasteiger charge is 2.26. The van der Waals surface area contributed by atoms with Gasteiger partial charge in [0.15, 0.2) is 0 Å². The summed E-state index contributed by atoms with van der Waals surface area (Å²) in [5.41, 5.74) is 3.08. The summed E-state index contributed by atoms with van der Waals surface area (Å²) in [6, 6.07) is 19.9. The van der Waals surface area contributed by atoms with Gasteiger partial charge in [-0.15, -0.1) is 0 Å². The Hall–Kier alpha value is -5.40. The van der Waals surface area contributed by atoms with E-state index >= 15 is 0 Å². The van der Waals surface area contributed by atoms with Gasteiger partial charge in [0.05, 0.1) is 11.4 Å². The highest BCUT2D eigenvalue weighted by Crippen LogP contribution is 2.28. The number of hydrogen-bond acceptors (Lipinski definition) is 10. The second-order valence-electron chi connectivity index (χ2n) is 12.3. The van der Waals surface area contributed by atoms with E-state index in [4.69, 9.17) is 9.72 Å². The smallest absolute Gasteiger partial charge is 0.260 e. The standard InChI is InChI=1S/C36H36N8O4S/c1-24-7-4-5-9-30(24)31-19-25-20-38-36(39-26-10-12-27(13-11-26)48-28-8-6-18-42(2)21-28)40-34(25)44(35(31)45)22-32-33(23-43(3)41-32)49(46,47)29-14-16-37-17-15-29/h4-5,7,9-17,19-20,23,28H,6,8,18,21-22H2,1-3H3,(H,38,39,40). The fourth-order valence-corrected chi connectivity index (χ4v) is 7.67. The number of benzene rings is 2. The average molecular weight is 677 g/mol. The number of pyridine rings is 2. The Morgan fingerprint density at radius 2 is 1.78 bits per heavy atom. The third-order valence-corrected chi connectivity index (χ3v) is 10.5. The lowest BCUT2D eigenvalue weighted by Crippen LogP contribution is -2.38. The molecular formula is C36H36N8O4S. The number of aryl methyl sites for hydroxylation is 2. The Bertz CT molecular complexity index is 2300. The molecule has 2 aromatic carbocycles. The van der Waals surface area contributed by atoms with Gasteiger partial charge < -0.3 is 15.0 Å². The molecule has 0 spiro atoms.